The highest BCUT2D eigenvalue weighted by Gasteiger charge is 2.47. The van der Waals surface area contributed by atoms with Gasteiger partial charge in [-0.3, -0.25) is 0 Å². The van der Waals surface area contributed by atoms with Gasteiger partial charge in [0.1, 0.15) is 0 Å². The zero-order valence-corrected chi connectivity index (χ0v) is 10.0. The van der Waals surface area contributed by atoms with Crippen molar-refractivity contribution in [1.82, 2.24) is 0 Å². The number of unbranched alkanes of at least 4 members (excludes halogenated alkanes) is 1. The first-order valence-electron chi connectivity index (χ1n) is 4.77. The van der Waals surface area contributed by atoms with Crippen LogP contribution in [0.3, 0.4) is 0 Å². The molecule has 3 heteroatoms. The fourth-order valence-corrected chi connectivity index (χ4v) is 3.62. The lowest BCUT2D eigenvalue weighted by atomic mass is 10.2. The molecule has 0 unspecified atom stereocenters. The highest BCUT2D eigenvalue weighted by atomic mass is 35.5. The molecule has 0 spiro atoms. The molecule has 0 aromatic heterocycles. The van der Waals surface area contributed by atoms with E-state index in [1.165, 1.54) is 12.8 Å². The maximum atomic E-state index is 5.65. The number of ether oxygens (including phenoxy) is 1. The van der Waals surface area contributed by atoms with Gasteiger partial charge in [0.2, 0.25) is 0 Å². The van der Waals surface area contributed by atoms with Crippen LogP contribution in [0.5, 0.6) is 0 Å². The van der Waals surface area contributed by atoms with E-state index < -0.39 is 8.07 Å². The van der Waals surface area contributed by atoms with E-state index in [2.05, 4.69) is 19.6 Å². The van der Waals surface area contributed by atoms with Crippen molar-refractivity contribution in [3.63, 3.8) is 0 Å². The highest BCUT2D eigenvalue weighted by molar-refractivity contribution is 6.78. The third-order valence-electron chi connectivity index (χ3n) is 2.31. The van der Waals surface area contributed by atoms with E-state index in [4.69, 9.17) is 16.3 Å². The smallest absolute Gasteiger partial charge is 0.0819 e. The fraction of sp³-hybridized carbons (Fsp3) is 1.00. The third-order valence-corrected chi connectivity index (χ3v) is 4.79. The van der Waals surface area contributed by atoms with Gasteiger partial charge >= 0.3 is 0 Å². The van der Waals surface area contributed by atoms with Crippen molar-refractivity contribution < 1.29 is 4.74 Å². The zero-order chi connectivity index (χ0) is 9.19. The molecule has 72 valence electrons. The first-order valence-corrected chi connectivity index (χ1v) is 8.88. The second kappa shape index (κ2) is 4.12. The summed E-state index contributed by atoms with van der Waals surface area (Å²) >= 11 is 5.60. The molecular formula is C9H19ClOSi. The Morgan fingerprint density at radius 1 is 1.25 bits per heavy atom. The molecule has 0 aromatic carbocycles. The molecule has 12 heavy (non-hydrogen) atoms. The molecule has 2 atom stereocenters. The van der Waals surface area contributed by atoms with Gasteiger partial charge in [-0.1, -0.05) is 19.6 Å². The zero-order valence-electron chi connectivity index (χ0n) is 8.27. The van der Waals surface area contributed by atoms with Crippen molar-refractivity contribution in [3.05, 3.63) is 0 Å². The van der Waals surface area contributed by atoms with Gasteiger partial charge in [0.25, 0.3) is 0 Å². The second-order valence-electron chi connectivity index (χ2n) is 4.65. The van der Waals surface area contributed by atoms with E-state index in [0.29, 0.717) is 11.8 Å². The Morgan fingerprint density at radius 2 is 1.92 bits per heavy atom. The maximum absolute atomic E-state index is 5.65. The largest absolute Gasteiger partial charge is 0.373 e. The van der Waals surface area contributed by atoms with E-state index in [0.717, 1.165) is 12.3 Å². The molecule has 0 radical (unpaired) electrons. The van der Waals surface area contributed by atoms with Crippen LogP contribution in [-0.4, -0.2) is 25.8 Å². The summed E-state index contributed by atoms with van der Waals surface area (Å²) in [6.45, 7) is 7.12. The molecule has 0 N–H and O–H groups in total. The average molecular weight is 207 g/mol. The molecule has 1 rings (SSSR count). The topological polar surface area (TPSA) is 12.5 Å². The average Bonchev–Trinajstić information content (AvgIpc) is 2.66. The molecule has 1 fully saturated rings. The van der Waals surface area contributed by atoms with E-state index in [9.17, 15) is 0 Å². The van der Waals surface area contributed by atoms with Crippen LogP contribution in [0.2, 0.25) is 19.6 Å². The van der Waals surface area contributed by atoms with Crippen LogP contribution < -0.4 is 0 Å². The number of hydrogen-bond donors (Lipinski definition) is 0. The lowest BCUT2D eigenvalue weighted by Gasteiger charge is -2.10. The van der Waals surface area contributed by atoms with E-state index in [-0.39, 0.29) is 0 Å². The van der Waals surface area contributed by atoms with Crippen LogP contribution in [0.15, 0.2) is 0 Å². The Bertz CT molecular complexity index is 144. The molecule has 1 nitrogen and oxygen atoms in total. The molecule has 0 amide bonds. The molecule has 0 aliphatic carbocycles. The number of epoxide rings is 1. The van der Waals surface area contributed by atoms with Crippen molar-refractivity contribution in [2.45, 2.75) is 50.7 Å². The van der Waals surface area contributed by atoms with Crippen molar-refractivity contribution in [1.29, 1.82) is 0 Å². The fourth-order valence-electron chi connectivity index (χ4n) is 1.56. The maximum Gasteiger partial charge on any atom is 0.0819 e. The van der Waals surface area contributed by atoms with Crippen molar-refractivity contribution >= 4 is 19.7 Å². The van der Waals surface area contributed by atoms with Gasteiger partial charge < -0.3 is 4.74 Å². The summed E-state index contributed by atoms with van der Waals surface area (Å²) in [7, 11) is -1.00. The lowest BCUT2D eigenvalue weighted by Crippen LogP contribution is -2.30. The Balaban J connectivity index is 2.08. The summed E-state index contributed by atoms with van der Waals surface area (Å²) < 4.78 is 5.65. The van der Waals surface area contributed by atoms with Gasteiger partial charge in [-0.2, -0.15) is 0 Å². The number of hydrogen-bond acceptors (Lipinski definition) is 1. The standard InChI is InChI=1S/C9H19ClOSi/c1-12(2,3)9-8(11-9)6-4-5-7-10/h8-9H,4-7H2,1-3H3/t8-,9-/m0/s1. The molecule has 1 heterocycles. The van der Waals surface area contributed by atoms with Gasteiger partial charge in [0.15, 0.2) is 0 Å². The normalized spacial score (nSPS) is 29.0. The third kappa shape index (κ3) is 3.07. The molecule has 1 aliphatic heterocycles. The summed E-state index contributed by atoms with van der Waals surface area (Å²) in [5.41, 5.74) is 0.632. The minimum atomic E-state index is -1.00. The molecule has 1 aliphatic rings. The Morgan fingerprint density at radius 3 is 2.33 bits per heavy atom. The first kappa shape index (κ1) is 10.5. The van der Waals surface area contributed by atoms with Crippen LogP contribution in [0.25, 0.3) is 0 Å². The molecular weight excluding hydrogens is 188 g/mol. The summed E-state index contributed by atoms with van der Waals surface area (Å²) in [5, 5.41) is 0. The number of halogens is 1. The number of alkyl halides is 1. The quantitative estimate of drug-likeness (QED) is 0.292. The molecule has 1 saturated heterocycles. The van der Waals surface area contributed by atoms with E-state index >= 15 is 0 Å². The van der Waals surface area contributed by atoms with Gasteiger partial charge in [0, 0.05) is 5.88 Å². The molecule has 0 aromatic rings. The van der Waals surface area contributed by atoms with Gasteiger partial charge in [-0.25, -0.2) is 0 Å². The molecule has 0 bridgehead atoms. The first-order chi connectivity index (χ1) is 5.55. The van der Waals surface area contributed by atoms with Crippen LogP contribution in [0, 0.1) is 0 Å². The minimum absolute atomic E-state index is 0.583. The SMILES string of the molecule is C[Si](C)(C)[C@@H]1O[C@H]1CCCCCl. The van der Waals surface area contributed by atoms with Crippen LogP contribution in [-0.2, 0) is 4.74 Å². The Labute approximate surface area is 81.5 Å². The predicted octanol–water partition coefficient (Wildman–Crippen LogP) is 3.04. The summed E-state index contributed by atoms with van der Waals surface area (Å²) in [4.78, 5) is 0. The van der Waals surface area contributed by atoms with Crippen molar-refractivity contribution in [3.8, 4) is 0 Å². The van der Waals surface area contributed by atoms with Gasteiger partial charge in [-0.15, -0.1) is 11.6 Å². The predicted molar refractivity (Wildman–Crippen MR) is 56.6 cm³/mol. The monoisotopic (exact) mass is 206 g/mol. The van der Waals surface area contributed by atoms with E-state index in [1.807, 2.05) is 0 Å². The minimum Gasteiger partial charge on any atom is -0.373 e. The second-order valence-corrected chi connectivity index (χ2v) is 10.3. The molecule has 0 saturated carbocycles. The van der Waals surface area contributed by atoms with Crippen LogP contribution >= 0.6 is 11.6 Å². The lowest BCUT2D eigenvalue weighted by molar-refractivity contribution is 0.380. The Hall–Kier alpha value is 0.467. The van der Waals surface area contributed by atoms with Crippen LogP contribution in [0.1, 0.15) is 19.3 Å². The van der Waals surface area contributed by atoms with Crippen molar-refractivity contribution in [2.75, 3.05) is 5.88 Å². The summed E-state index contributed by atoms with van der Waals surface area (Å²) in [6, 6.07) is 0. The van der Waals surface area contributed by atoms with Gasteiger partial charge in [-0.05, 0) is 19.3 Å². The van der Waals surface area contributed by atoms with E-state index in [1.54, 1.807) is 0 Å². The Kier molecular flexibility index (Phi) is 3.62. The highest BCUT2D eigenvalue weighted by Crippen LogP contribution is 2.34. The van der Waals surface area contributed by atoms with Gasteiger partial charge in [0.05, 0.1) is 19.9 Å². The van der Waals surface area contributed by atoms with Crippen LogP contribution in [0.4, 0.5) is 0 Å². The number of rotatable bonds is 5. The van der Waals surface area contributed by atoms with Crippen molar-refractivity contribution in [2.24, 2.45) is 0 Å². The summed E-state index contributed by atoms with van der Waals surface area (Å²) in [5.74, 6) is 0.796. The summed E-state index contributed by atoms with van der Waals surface area (Å²) in [6.07, 6.45) is 4.18.